The van der Waals surface area contributed by atoms with E-state index in [1.54, 1.807) is 6.92 Å². The van der Waals surface area contributed by atoms with E-state index in [0.29, 0.717) is 11.7 Å². The van der Waals surface area contributed by atoms with E-state index in [0.717, 1.165) is 38.4 Å². The molecule has 0 atom stereocenters. The summed E-state index contributed by atoms with van der Waals surface area (Å²) in [5.41, 5.74) is 0. The molecule has 7 nitrogen and oxygen atoms in total. The summed E-state index contributed by atoms with van der Waals surface area (Å²) < 4.78 is 10.3. The first kappa shape index (κ1) is 15.9. The summed E-state index contributed by atoms with van der Waals surface area (Å²) in [6.45, 7) is 4.71. The molecule has 118 valence electrons. The van der Waals surface area contributed by atoms with Gasteiger partial charge >= 0.3 is 0 Å². The molecular formula is C14H24N4O3. The van der Waals surface area contributed by atoms with Crippen LogP contribution < -0.4 is 5.32 Å². The maximum absolute atomic E-state index is 12.0. The van der Waals surface area contributed by atoms with Crippen LogP contribution in [0.5, 0.6) is 0 Å². The van der Waals surface area contributed by atoms with Crippen LogP contribution in [0.15, 0.2) is 4.52 Å². The molecule has 2 rings (SSSR count). The van der Waals surface area contributed by atoms with Gasteiger partial charge in [0.05, 0.1) is 0 Å². The third-order valence-electron chi connectivity index (χ3n) is 3.79. The van der Waals surface area contributed by atoms with Crippen LogP contribution in [0.4, 0.5) is 0 Å². The van der Waals surface area contributed by atoms with Crippen molar-refractivity contribution in [3.05, 3.63) is 11.7 Å². The van der Waals surface area contributed by atoms with Crippen molar-refractivity contribution in [2.24, 2.45) is 5.92 Å². The molecule has 2 heterocycles. The molecule has 1 aromatic rings. The number of nitrogens with one attached hydrogen (secondary N) is 1. The number of rotatable bonds is 7. The van der Waals surface area contributed by atoms with Crippen molar-refractivity contribution in [1.29, 1.82) is 0 Å². The van der Waals surface area contributed by atoms with E-state index in [1.165, 1.54) is 6.42 Å². The zero-order chi connectivity index (χ0) is 15.1. The summed E-state index contributed by atoms with van der Waals surface area (Å²) in [5, 5.41) is 6.84. The van der Waals surface area contributed by atoms with Gasteiger partial charge in [-0.1, -0.05) is 5.16 Å². The summed E-state index contributed by atoms with van der Waals surface area (Å²) in [7, 11) is 1.97. The Kier molecular flexibility index (Phi) is 6.13. The topological polar surface area (TPSA) is 80.5 Å². The lowest BCUT2D eigenvalue weighted by molar-refractivity contribution is -0.138. The van der Waals surface area contributed by atoms with E-state index in [2.05, 4.69) is 15.5 Å². The van der Waals surface area contributed by atoms with Gasteiger partial charge in [-0.15, -0.1) is 0 Å². The van der Waals surface area contributed by atoms with Crippen LogP contribution in [-0.4, -0.2) is 54.2 Å². The number of amides is 1. The summed E-state index contributed by atoms with van der Waals surface area (Å²) in [6.07, 6.45) is 3.35. The second kappa shape index (κ2) is 8.09. The fourth-order valence-electron chi connectivity index (χ4n) is 2.54. The molecule has 0 unspecified atom stereocenters. The quantitative estimate of drug-likeness (QED) is 0.799. The highest BCUT2D eigenvalue weighted by Gasteiger charge is 2.22. The largest absolute Gasteiger partial charge is 0.362 e. The third-order valence-corrected chi connectivity index (χ3v) is 3.79. The van der Waals surface area contributed by atoms with E-state index in [1.807, 2.05) is 11.9 Å². The van der Waals surface area contributed by atoms with Gasteiger partial charge in [0.15, 0.2) is 5.82 Å². The predicted octanol–water partition coefficient (Wildman–Crippen LogP) is 0.743. The predicted molar refractivity (Wildman–Crippen MR) is 76.5 cm³/mol. The number of carbonyl (C=O) groups is 1. The van der Waals surface area contributed by atoms with E-state index in [9.17, 15) is 4.79 Å². The fourth-order valence-corrected chi connectivity index (χ4v) is 2.54. The van der Waals surface area contributed by atoms with Gasteiger partial charge in [0, 0.05) is 13.1 Å². The molecule has 1 aliphatic heterocycles. The minimum absolute atomic E-state index is 0.0401. The monoisotopic (exact) mass is 296 g/mol. The van der Waals surface area contributed by atoms with E-state index >= 15 is 0 Å². The number of aromatic nitrogens is 2. The number of hydrogen-bond donors (Lipinski definition) is 1. The van der Waals surface area contributed by atoms with Gasteiger partial charge in [0.2, 0.25) is 5.91 Å². The van der Waals surface area contributed by atoms with E-state index < -0.39 is 0 Å². The zero-order valence-corrected chi connectivity index (χ0v) is 12.8. The number of piperidine rings is 1. The molecule has 0 spiro atoms. The zero-order valence-electron chi connectivity index (χ0n) is 12.8. The van der Waals surface area contributed by atoms with E-state index in [-0.39, 0.29) is 19.1 Å². The Hall–Kier alpha value is -1.47. The first-order valence-corrected chi connectivity index (χ1v) is 7.48. The molecule has 1 fully saturated rings. The molecule has 1 amide bonds. The molecule has 0 aromatic carbocycles. The number of likely N-dealkylation sites (tertiary alicyclic amines) is 1. The Morgan fingerprint density at radius 2 is 2.24 bits per heavy atom. The van der Waals surface area contributed by atoms with Gasteiger partial charge in [-0.25, -0.2) is 0 Å². The number of carbonyl (C=O) groups excluding carboxylic acids is 1. The first-order chi connectivity index (χ1) is 10.2. The maximum atomic E-state index is 12.0. The molecule has 7 heteroatoms. The number of ether oxygens (including phenoxy) is 1. The van der Waals surface area contributed by atoms with Crippen LogP contribution in [-0.2, 0) is 16.1 Å². The van der Waals surface area contributed by atoms with Crippen LogP contribution in [0.1, 0.15) is 31.0 Å². The molecule has 0 bridgehead atoms. The van der Waals surface area contributed by atoms with Crippen molar-refractivity contribution in [3.8, 4) is 0 Å². The van der Waals surface area contributed by atoms with Crippen LogP contribution in [0.3, 0.4) is 0 Å². The van der Waals surface area contributed by atoms with Crippen LogP contribution in [0.25, 0.3) is 0 Å². The van der Waals surface area contributed by atoms with Gasteiger partial charge in [-0.3, -0.25) is 4.79 Å². The summed E-state index contributed by atoms with van der Waals surface area (Å²) in [4.78, 5) is 17.9. The van der Waals surface area contributed by atoms with E-state index in [4.69, 9.17) is 9.26 Å². The number of hydrogen-bond acceptors (Lipinski definition) is 6. The molecule has 1 aliphatic rings. The molecule has 0 aliphatic carbocycles. The van der Waals surface area contributed by atoms with Crippen molar-refractivity contribution in [2.75, 3.05) is 33.3 Å². The Labute approximate surface area is 125 Å². The lowest BCUT2D eigenvalue weighted by Crippen LogP contribution is -2.40. The van der Waals surface area contributed by atoms with Crippen molar-refractivity contribution in [3.63, 3.8) is 0 Å². The lowest BCUT2D eigenvalue weighted by Gasteiger charge is -2.32. The minimum Gasteiger partial charge on any atom is -0.362 e. The first-order valence-electron chi connectivity index (χ1n) is 7.48. The maximum Gasteiger partial charge on any atom is 0.252 e. The Morgan fingerprint density at radius 3 is 2.86 bits per heavy atom. The Morgan fingerprint density at radius 1 is 1.48 bits per heavy atom. The van der Waals surface area contributed by atoms with Gasteiger partial charge in [-0.2, -0.15) is 4.98 Å². The average molecular weight is 296 g/mol. The van der Waals surface area contributed by atoms with Crippen LogP contribution >= 0.6 is 0 Å². The smallest absolute Gasteiger partial charge is 0.252 e. The van der Waals surface area contributed by atoms with Crippen molar-refractivity contribution < 1.29 is 14.1 Å². The minimum atomic E-state index is 0.0401. The third kappa shape index (κ3) is 5.09. The SMILES string of the molecule is CNCCC1CCN(C(=O)COCc2nc(C)no2)CC1. The summed E-state index contributed by atoms with van der Waals surface area (Å²) >= 11 is 0. The van der Waals surface area contributed by atoms with Crippen LogP contribution in [0.2, 0.25) is 0 Å². The molecular weight excluding hydrogens is 272 g/mol. The standard InChI is InChI=1S/C14H24N4O3/c1-11-16-13(21-17-11)9-20-10-14(19)18-7-4-12(5-8-18)3-6-15-2/h12,15H,3-10H2,1-2H3. The summed E-state index contributed by atoms with van der Waals surface area (Å²) in [6, 6.07) is 0. The van der Waals surface area contributed by atoms with Crippen molar-refractivity contribution >= 4 is 5.91 Å². The normalized spacial score (nSPS) is 16.4. The van der Waals surface area contributed by atoms with Gasteiger partial charge in [-0.05, 0) is 45.7 Å². The lowest BCUT2D eigenvalue weighted by atomic mass is 9.93. The highest BCUT2D eigenvalue weighted by atomic mass is 16.5. The van der Waals surface area contributed by atoms with Crippen molar-refractivity contribution in [2.45, 2.75) is 32.8 Å². The molecule has 0 saturated carbocycles. The Balaban J connectivity index is 1.63. The number of nitrogens with zero attached hydrogens (tertiary/aromatic N) is 3. The molecule has 21 heavy (non-hydrogen) atoms. The highest BCUT2D eigenvalue weighted by Crippen LogP contribution is 2.20. The van der Waals surface area contributed by atoms with Crippen molar-refractivity contribution in [1.82, 2.24) is 20.4 Å². The second-order valence-electron chi connectivity index (χ2n) is 5.44. The van der Waals surface area contributed by atoms with Gasteiger partial charge < -0.3 is 19.5 Å². The highest BCUT2D eigenvalue weighted by molar-refractivity contribution is 5.77. The fraction of sp³-hybridized carbons (Fsp3) is 0.786. The molecule has 0 radical (unpaired) electrons. The number of aryl methyl sites for hydroxylation is 1. The second-order valence-corrected chi connectivity index (χ2v) is 5.44. The van der Waals surface area contributed by atoms with Gasteiger partial charge in [0.1, 0.15) is 13.2 Å². The Bertz CT molecular complexity index is 441. The molecule has 1 aromatic heterocycles. The molecule has 1 saturated heterocycles. The summed E-state index contributed by atoms with van der Waals surface area (Å²) in [5.74, 6) is 1.75. The molecule has 1 N–H and O–H groups in total. The average Bonchev–Trinajstić information content (AvgIpc) is 2.91. The van der Waals surface area contributed by atoms with Gasteiger partial charge in [0.25, 0.3) is 5.89 Å². The van der Waals surface area contributed by atoms with Crippen LogP contribution in [0, 0.1) is 12.8 Å².